The number of rotatable bonds is 3. The molecular weight excluding hydrogens is 198 g/mol. The van der Waals surface area contributed by atoms with Gasteiger partial charge in [0.1, 0.15) is 0 Å². The van der Waals surface area contributed by atoms with Gasteiger partial charge in [0.05, 0.1) is 0 Å². The lowest BCUT2D eigenvalue weighted by Crippen LogP contribution is -2.17. The van der Waals surface area contributed by atoms with Crippen LogP contribution in [0.4, 0.5) is 0 Å². The van der Waals surface area contributed by atoms with Crippen LogP contribution in [0.3, 0.4) is 0 Å². The van der Waals surface area contributed by atoms with Crippen LogP contribution in [-0.2, 0) is 0 Å². The number of carbonyl (C=O) groups excluding carboxylic acids is 1. The molecular formula is C14H17NO. The minimum atomic E-state index is 0.102. The summed E-state index contributed by atoms with van der Waals surface area (Å²) in [6, 6.07) is 9.43. The SMILES string of the molecule is CC(=CC(=O)c1ccccc1)N1CCCC1. The molecule has 0 aromatic heterocycles. The van der Waals surface area contributed by atoms with Crippen LogP contribution in [-0.4, -0.2) is 23.8 Å². The number of hydrogen-bond donors (Lipinski definition) is 0. The summed E-state index contributed by atoms with van der Waals surface area (Å²) in [7, 11) is 0. The van der Waals surface area contributed by atoms with E-state index in [2.05, 4.69) is 4.90 Å². The monoisotopic (exact) mass is 215 g/mol. The fourth-order valence-corrected chi connectivity index (χ4v) is 2.04. The van der Waals surface area contributed by atoms with Crippen molar-refractivity contribution in [3.05, 3.63) is 47.7 Å². The lowest BCUT2D eigenvalue weighted by molar-refractivity contribution is 0.104. The van der Waals surface area contributed by atoms with Gasteiger partial charge in [0, 0.05) is 30.4 Å². The normalized spacial score (nSPS) is 16.6. The third-order valence-electron chi connectivity index (χ3n) is 3.00. The Labute approximate surface area is 96.6 Å². The summed E-state index contributed by atoms with van der Waals surface area (Å²) in [6.07, 6.45) is 4.23. The molecule has 0 amide bonds. The third-order valence-corrected chi connectivity index (χ3v) is 3.00. The van der Waals surface area contributed by atoms with Gasteiger partial charge in [0.2, 0.25) is 0 Å². The van der Waals surface area contributed by atoms with E-state index in [0.717, 1.165) is 24.4 Å². The van der Waals surface area contributed by atoms with Gasteiger partial charge in [-0.15, -0.1) is 0 Å². The quantitative estimate of drug-likeness (QED) is 0.571. The van der Waals surface area contributed by atoms with Gasteiger partial charge in [-0.1, -0.05) is 30.3 Å². The van der Waals surface area contributed by atoms with Gasteiger partial charge < -0.3 is 4.90 Å². The number of ketones is 1. The number of benzene rings is 1. The Morgan fingerprint density at radius 1 is 1.19 bits per heavy atom. The molecule has 1 saturated heterocycles. The van der Waals surface area contributed by atoms with Crippen LogP contribution in [0.15, 0.2) is 42.1 Å². The lowest BCUT2D eigenvalue weighted by atomic mass is 10.1. The molecule has 0 N–H and O–H groups in total. The smallest absolute Gasteiger partial charge is 0.187 e. The maximum absolute atomic E-state index is 11.9. The first-order chi connectivity index (χ1) is 7.77. The van der Waals surface area contributed by atoms with Crippen LogP contribution < -0.4 is 0 Å². The Balaban J connectivity index is 2.08. The standard InChI is InChI=1S/C14H17NO/c1-12(15-9-5-6-10-15)11-14(16)13-7-3-2-4-8-13/h2-4,7-8,11H,5-6,9-10H2,1H3. The van der Waals surface area contributed by atoms with Crippen molar-refractivity contribution in [2.24, 2.45) is 0 Å². The van der Waals surface area contributed by atoms with Gasteiger partial charge in [0.25, 0.3) is 0 Å². The molecule has 0 bridgehead atoms. The molecule has 1 heterocycles. The molecule has 1 aromatic rings. The van der Waals surface area contributed by atoms with Gasteiger partial charge in [-0.2, -0.15) is 0 Å². The zero-order valence-electron chi connectivity index (χ0n) is 9.65. The number of hydrogen-bond acceptors (Lipinski definition) is 2. The summed E-state index contributed by atoms with van der Waals surface area (Å²) in [5.74, 6) is 0.102. The summed E-state index contributed by atoms with van der Waals surface area (Å²) in [5, 5.41) is 0. The van der Waals surface area contributed by atoms with Crippen molar-refractivity contribution in [3.8, 4) is 0 Å². The Morgan fingerprint density at radius 2 is 1.81 bits per heavy atom. The van der Waals surface area contributed by atoms with Gasteiger partial charge in [-0.05, 0) is 19.8 Å². The van der Waals surface area contributed by atoms with Crippen molar-refractivity contribution in [3.63, 3.8) is 0 Å². The second-order valence-electron chi connectivity index (χ2n) is 4.21. The van der Waals surface area contributed by atoms with Crippen molar-refractivity contribution in [1.82, 2.24) is 4.90 Å². The number of likely N-dealkylation sites (tertiary alicyclic amines) is 1. The fourth-order valence-electron chi connectivity index (χ4n) is 2.04. The molecule has 2 heteroatoms. The van der Waals surface area contributed by atoms with E-state index in [9.17, 15) is 4.79 Å². The highest BCUT2D eigenvalue weighted by Crippen LogP contribution is 2.14. The molecule has 1 fully saturated rings. The summed E-state index contributed by atoms with van der Waals surface area (Å²) >= 11 is 0. The fraction of sp³-hybridized carbons (Fsp3) is 0.357. The van der Waals surface area contributed by atoms with E-state index < -0.39 is 0 Å². The van der Waals surface area contributed by atoms with Gasteiger partial charge in [-0.3, -0.25) is 4.79 Å². The first kappa shape index (κ1) is 10.9. The largest absolute Gasteiger partial charge is 0.375 e. The maximum Gasteiger partial charge on any atom is 0.187 e. The predicted octanol–water partition coefficient (Wildman–Crippen LogP) is 2.87. The zero-order valence-corrected chi connectivity index (χ0v) is 9.65. The molecule has 1 aromatic carbocycles. The summed E-state index contributed by atoms with van der Waals surface area (Å²) < 4.78 is 0. The molecule has 0 unspecified atom stereocenters. The Bertz CT molecular complexity index is 388. The van der Waals surface area contributed by atoms with E-state index in [-0.39, 0.29) is 5.78 Å². The van der Waals surface area contributed by atoms with E-state index in [1.54, 1.807) is 6.08 Å². The molecule has 0 atom stereocenters. The highest BCUT2D eigenvalue weighted by atomic mass is 16.1. The van der Waals surface area contributed by atoms with E-state index in [1.165, 1.54) is 12.8 Å². The van der Waals surface area contributed by atoms with Gasteiger partial charge in [-0.25, -0.2) is 0 Å². The van der Waals surface area contributed by atoms with Crippen LogP contribution in [0.5, 0.6) is 0 Å². The summed E-state index contributed by atoms with van der Waals surface area (Å²) in [5.41, 5.74) is 1.85. The highest BCUT2D eigenvalue weighted by molar-refractivity contribution is 6.04. The van der Waals surface area contributed by atoms with Crippen LogP contribution in [0, 0.1) is 0 Å². The first-order valence-corrected chi connectivity index (χ1v) is 5.80. The molecule has 1 aliphatic rings. The van der Waals surface area contributed by atoms with Crippen molar-refractivity contribution >= 4 is 5.78 Å². The highest BCUT2D eigenvalue weighted by Gasteiger charge is 2.12. The molecule has 2 rings (SSSR count). The van der Waals surface area contributed by atoms with E-state index in [1.807, 2.05) is 37.3 Å². The topological polar surface area (TPSA) is 20.3 Å². The zero-order chi connectivity index (χ0) is 11.4. The minimum Gasteiger partial charge on any atom is -0.375 e. The van der Waals surface area contributed by atoms with E-state index in [0.29, 0.717) is 0 Å². The van der Waals surface area contributed by atoms with Crippen molar-refractivity contribution < 1.29 is 4.79 Å². The Morgan fingerprint density at radius 3 is 2.44 bits per heavy atom. The second-order valence-corrected chi connectivity index (χ2v) is 4.21. The molecule has 0 saturated carbocycles. The molecule has 0 aliphatic carbocycles. The Hall–Kier alpha value is -1.57. The average Bonchev–Trinajstić information content (AvgIpc) is 2.83. The van der Waals surface area contributed by atoms with Crippen molar-refractivity contribution in [2.75, 3.05) is 13.1 Å². The first-order valence-electron chi connectivity index (χ1n) is 5.80. The van der Waals surface area contributed by atoms with Gasteiger partial charge in [0.15, 0.2) is 5.78 Å². The lowest BCUT2D eigenvalue weighted by Gasteiger charge is -2.17. The number of carbonyl (C=O) groups is 1. The molecule has 2 nitrogen and oxygen atoms in total. The predicted molar refractivity (Wildman–Crippen MR) is 65.3 cm³/mol. The van der Waals surface area contributed by atoms with Crippen LogP contribution in [0.25, 0.3) is 0 Å². The summed E-state index contributed by atoms with van der Waals surface area (Å²) in [6.45, 7) is 4.20. The molecule has 0 spiro atoms. The Kier molecular flexibility index (Phi) is 3.40. The van der Waals surface area contributed by atoms with E-state index >= 15 is 0 Å². The molecule has 1 aliphatic heterocycles. The molecule has 16 heavy (non-hydrogen) atoms. The van der Waals surface area contributed by atoms with Crippen LogP contribution in [0.1, 0.15) is 30.1 Å². The van der Waals surface area contributed by atoms with Crippen LogP contribution in [0.2, 0.25) is 0 Å². The minimum absolute atomic E-state index is 0.102. The third kappa shape index (κ3) is 2.51. The van der Waals surface area contributed by atoms with Crippen molar-refractivity contribution in [1.29, 1.82) is 0 Å². The van der Waals surface area contributed by atoms with Crippen molar-refractivity contribution in [2.45, 2.75) is 19.8 Å². The summed E-state index contributed by atoms with van der Waals surface area (Å²) in [4.78, 5) is 14.2. The van der Waals surface area contributed by atoms with E-state index in [4.69, 9.17) is 0 Å². The second kappa shape index (κ2) is 4.97. The van der Waals surface area contributed by atoms with Crippen LogP contribution >= 0.6 is 0 Å². The average molecular weight is 215 g/mol. The maximum atomic E-state index is 11.9. The number of allylic oxidation sites excluding steroid dienone is 2. The van der Waals surface area contributed by atoms with Gasteiger partial charge >= 0.3 is 0 Å². The molecule has 0 radical (unpaired) electrons. The number of nitrogens with zero attached hydrogens (tertiary/aromatic N) is 1. The molecule has 84 valence electrons.